The van der Waals surface area contributed by atoms with Crippen molar-refractivity contribution in [1.82, 2.24) is 9.97 Å². The number of aromatic nitrogens is 2. The SMILES string of the molecule is Cc1ccc(Oc2nc(C)ncc2CO)c(Br)c1. The van der Waals surface area contributed by atoms with E-state index in [-0.39, 0.29) is 6.61 Å². The van der Waals surface area contributed by atoms with Crippen LogP contribution in [0.15, 0.2) is 28.9 Å². The van der Waals surface area contributed by atoms with Gasteiger partial charge in [-0.25, -0.2) is 4.98 Å². The average molecular weight is 309 g/mol. The number of halogens is 1. The minimum atomic E-state index is -0.154. The molecule has 1 N–H and O–H groups in total. The number of hydrogen-bond acceptors (Lipinski definition) is 4. The maximum absolute atomic E-state index is 9.23. The first kappa shape index (κ1) is 13.0. The molecule has 0 aliphatic heterocycles. The molecule has 0 saturated heterocycles. The number of aryl methyl sites for hydroxylation is 2. The number of benzene rings is 1. The van der Waals surface area contributed by atoms with E-state index in [1.807, 2.05) is 25.1 Å². The molecule has 2 aromatic rings. The molecule has 1 aromatic carbocycles. The highest BCUT2D eigenvalue weighted by atomic mass is 79.9. The maximum atomic E-state index is 9.23. The number of aliphatic hydroxyl groups is 1. The Morgan fingerprint density at radius 2 is 2.11 bits per heavy atom. The number of rotatable bonds is 3. The molecule has 5 heteroatoms. The van der Waals surface area contributed by atoms with Crippen LogP contribution >= 0.6 is 15.9 Å². The smallest absolute Gasteiger partial charge is 0.228 e. The van der Waals surface area contributed by atoms with E-state index < -0.39 is 0 Å². The van der Waals surface area contributed by atoms with Crippen molar-refractivity contribution in [2.45, 2.75) is 20.5 Å². The lowest BCUT2D eigenvalue weighted by atomic mass is 10.2. The Kier molecular flexibility index (Phi) is 3.93. The van der Waals surface area contributed by atoms with Crippen molar-refractivity contribution < 1.29 is 9.84 Å². The zero-order valence-electron chi connectivity index (χ0n) is 10.1. The largest absolute Gasteiger partial charge is 0.437 e. The van der Waals surface area contributed by atoms with Crippen molar-refractivity contribution in [3.8, 4) is 11.6 Å². The zero-order valence-corrected chi connectivity index (χ0v) is 11.7. The lowest BCUT2D eigenvalue weighted by molar-refractivity contribution is 0.274. The standard InChI is InChI=1S/C13H13BrN2O2/c1-8-3-4-12(11(14)5-8)18-13-10(7-17)6-15-9(2)16-13/h3-6,17H,7H2,1-2H3. The van der Waals surface area contributed by atoms with Crippen LogP contribution in [0.25, 0.3) is 0 Å². The summed E-state index contributed by atoms with van der Waals surface area (Å²) in [5.41, 5.74) is 1.70. The van der Waals surface area contributed by atoms with Crippen molar-refractivity contribution in [3.05, 3.63) is 45.8 Å². The molecule has 0 bridgehead atoms. The molecule has 0 unspecified atom stereocenters. The number of hydrogen-bond donors (Lipinski definition) is 1. The molecule has 18 heavy (non-hydrogen) atoms. The maximum Gasteiger partial charge on any atom is 0.228 e. The molecule has 0 spiro atoms. The first-order chi connectivity index (χ1) is 8.60. The van der Waals surface area contributed by atoms with Gasteiger partial charge in [-0.15, -0.1) is 0 Å². The van der Waals surface area contributed by atoms with E-state index >= 15 is 0 Å². The number of aliphatic hydroxyl groups excluding tert-OH is 1. The van der Waals surface area contributed by atoms with Gasteiger partial charge in [-0.3, -0.25) is 0 Å². The van der Waals surface area contributed by atoms with E-state index in [1.54, 1.807) is 13.1 Å². The van der Waals surface area contributed by atoms with Crippen LogP contribution in [-0.4, -0.2) is 15.1 Å². The van der Waals surface area contributed by atoms with Crippen LogP contribution in [0.2, 0.25) is 0 Å². The normalized spacial score (nSPS) is 10.4. The molecule has 0 atom stereocenters. The van der Waals surface area contributed by atoms with Crippen LogP contribution in [0, 0.1) is 13.8 Å². The summed E-state index contributed by atoms with van der Waals surface area (Å²) in [4.78, 5) is 8.21. The molecular formula is C13H13BrN2O2. The summed E-state index contributed by atoms with van der Waals surface area (Å²) < 4.78 is 6.56. The summed E-state index contributed by atoms with van der Waals surface area (Å²) in [5, 5.41) is 9.23. The Morgan fingerprint density at radius 1 is 1.33 bits per heavy atom. The number of nitrogens with zero attached hydrogens (tertiary/aromatic N) is 2. The molecule has 2 rings (SSSR count). The van der Waals surface area contributed by atoms with Crippen LogP contribution in [-0.2, 0) is 6.61 Å². The van der Waals surface area contributed by atoms with Gasteiger partial charge in [0.05, 0.1) is 16.6 Å². The summed E-state index contributed by atoms with van der Waals surface area (Å²) in [6.07, 6.45) is 1.57. The van der Waals surface area contributed by atoms with Crippen molar-refractivity contribution in [3.63, 3.8) is 0 Å². The summed E-state index contributed by atoms with van der Waals surface area (Å²) in [6.45, 7) is 3.62. The van der Waals surface area contributed by atoms with Gasteiger partial charge in [0.25, 0.3) is 0 Å². The quantitative estimate of drug-likeness (QED) is 0.946. The second kappa shape index (κ2) is 5.46. The Labute approximate surface area is 114 Å². The van der Waals surface area contributed by atoms with Crippen molar-refractivity contribution >= 4 is 15.9 Å². The average Bonchev–Trinajstić information content (AvgIpc) is 2.33. The van der Waals surface area contributed by atoms with Gasteiger partial charge in [0.1, 0.15) is 11.6 Å². The van der Waals surface area contributed by atoms with Gasteiger partial charge < -0.3 is 9.84 Å². The topological polar surface area (TPSA) is 55.2 Å². The summed E-state index contributed by atoms with van der Waals surface area (Å²) in [6, 6.07) is 5.77. The Bertz CT molecular complexity index is 573. The monoisotopic (exact) mass is 308 g/mol. The molecule has 0 amide bonds. The first-order valence-electron chi connectivity index (χ1n) is 5.47. The van der Waals surface area contributed by atoms with Crippen LogP contribution < -0.4 is 4.74 Å². The van der Waals surface area contributed by atoms with Gasteiger partial charge >= 0.3 is 0 Å². The summed E-state index contributed by atoms with van der Waals surface area (Å²) >= 11 is 3.44. The Hall–Kier alpha value is -1.46. The van der Waals surface area contributed by atoms with Gasteiger partial charge in [0.2, 0.25) is 5.88 Å². The third-order valence-electron chi connectivity index (χ3n) is 2.41. The second-order valence-corrected chi connectivity index (χ2v) is 4.80. The molecular weight excluding hydrogens is 296 g/mol. The number of ether oxygens (including phenoxy) is 1. The minimum Gasteiger partial charge on any atom is -0.437 e. The van der Waals surface area contributed by atoms with Crippen LogP contribution in [0.4, 0.5) is 0 Å². The third kappa shape index (κ3) is 2.86. The lowest BCUT2D eigenvalue weighted by Crippen LogP contribution is -1.99. The zero-order chi connectivity index (χ0) is 13.1. The second-order valence-electron chi connectivity index (χ2n) is 3.94. The van der Waals surface area contributed by atoms with E-state index in [0.717, 1.165) is 10.0 Å². The van der Waals surface area contributed by atoms with Crippen molar-refractivity contribution in [2.75, 3.05) is 0 Å². The first-order valence-corrected chi connectivity index (χ1v) is 6.27. The van der Waals surface area contributed by atoms with E-state index in [1.165, 1.54) is 0 Å². The lowest BCUT2D eigenvalue weighted by Gasteiger charge is -2.10. The molecule has 4 nitrogen and oxygen atoms in total. The molecule has 0 saturated carbocycles. The van der Waals surface area contributed by atoms with E-state index in [4.69, 9.17) is 4.74 Å². The van der Waals surface area contributed by atoms with Crippen molar-refractivity contribution in [2.24, 2.45) is 0 Å². The van der Waals surface area contributed by atoms with Crippen molar-refractivity contribution in [1.29, 1.82) is 0 Å². The minimum absolute atomic E-state index is 0.154. The van der Waals surface area contributed by atoms with E-state index in [2.05, 4.69) is 25.9 Å². The molecule has 1 heterocycles. The molecule has 0 radical (unpaired) electrons. The molecule has 0 fully saturated rings. The van der Waals surface area contributed by atoms with E-state index in [0.29, 0.717) is 23.0 Å². The highest BCUT2D eigenvalue weighted by Gasteiger charge is 2.09. The summed E-state index contributed by atoms with van der Waals surface area (Å²) in [7, 11) is 0. The van der Waals surface area contributed by atoms with E-state index in [9.17, 15) is 5.11 Å². The predicted octanol–water partition coefficient (Wildman–Crippen LogP) is 3.14. The molecule has 94 valence electrons. The third-order valence-corrected chi connectivity index (χ3v) is 3.03. The Balaban J connectivity index is 2.36. The fraction of sp³-hybridized carbons (Fsp3) is 0.231. The van der Waals surface area contributed by atoms with Gasteiger partial charge in [0, 0.05) is 6.20 Å². The van der Waals surface area contributed by atoms with Crippen LogP contribution in [0.1, 0.15) is 17.0 Å². The predicted molar refractivity (Wildman–Crippen MR) is 71.6 cm³/mol. The Morgan fingerprint density at radius 3 is 2.78 bits per heavy atom. The van der Waals surface area contributed by atoms with Gasteiger partial charge in [-0.1, -0.05) is 6.07 Å². The van der Waals surface area contributed by atoms with Crippen LogP contribution in [0.3, 0.4) is 0 Å². The molecule has 1 aromatic heterocycles. The fourth-order valence-corrected chi connectivity index (χ4v) is 2.04. The van der Waals surface area contributed by atoms with Gasteiger partial charge in [-0.05, 0) is 47.5 Å². The summed E-state index contributed by atoms with van der Waals surface area (Å²) in [5.74, 6) is 1.65. The molecule has 0 aliphatic rings. The van der Waals surface area contributed by atoms with Gasteiger partial charge in [-0.2, -0.15) is 4.98 Å². The van der Waals surface area contributed by atoms with Crippen LogP contribution in [0.5, 0.6) is 11.6 Å². The van der Waals surface area contributed by atoms with Gasteiger partial charge in [0.15, 0.2) is 0 Å². The highest BCUT2D eigenvalue weighted by molar-refractivity contribution is 9.10. The fourth-order valence-electron chi connectivity index (χ4n) is 1.46. The highest BCUT2D eigenvalue weighted by Crippen LogP contribution is 2.30. The molecule has 0 aliphatic carbocycles.